The fourth-order valence-corrected chi connectivity index (χ4v) is 4.29. The molecule has 4 nitrogen and oxygen atoms in total. The number of carbonyl (C=O) groups excluding carboxylic acids is 1. The Kier molecular flexibility index (Phi) is 4.60. The maximum atomic E-state index is 12.6. The molecule has 124 valence electrons. The minimum Gasteiger partial charge on any atom is -0.397 e. The van der Waals surface area contributed by atoms with Crippen molar-refractivity contribution in [2.45, 2.75) is 27.2 Å². The van der Waals surface area contributed by atoms with Crippen LogP contribution in [-0.2, 0) is 6.42 Å². The first-order valence-electron chi connectivity index (χ1n) is 7.67. The fourth-order valence-electron chi connectivity index (χ4n) is 2.93. The Morgan fingerprint density at radius 1 is 1.29 bits per heavy atom. The quantitative estimate of drug-likeness (QED) is 0.640. The van der Waals surface area contributed by atoms with Crippen molar-refractivity contribution in [1.82, 2.24) is 4.98 Å². The van der Waals surface area contributed by atoms with Crippen molar-refractivity contribution < 1.29 is 4.79 Å². The number of amides is 1. The number of nitrogens with one attached hydrogen (secondary N) is 1. The summed E-state index contributed by atoms with van der Waals surface area (Å²) in [5, 5.41) is 3.80. The third kappa shape index (κ3) is 2.91. The van der Waals surface area contributed by atoms with Gasteiger partial charge < -0.3 is 11.1 Å². The topological polar surface area (TPSA) is 68.0 Å². The molecule has 0 aliphatic heterocycles. The van der Waals surface area contributed by atoms with Gasteiger partial charge in [-0.1, -0.05) is 22.9 Å². The number of fused-ring (bicyclic) bond motifs is 1. The SMILES string of the molecule is CCc1c(C)nc2sc(C(=O)Nc3ccc(Br)cc3)c(N)c2c1C. The molecule has 3 N–H and O–H groups in total. The lowest BCUT2D eigenvalue weighted by Gasteiger charge is -2.08. The van der Waals surface area contributed by atoms with E-state index >= 15 is 0 Å². The van der Waals surface area contributed by atoms with Gasteiger partial charge in [0.25, 0.3) is 5.91 Å². The molecular formula is C18H18BrN3OS. The van der Waals surface area contributed by atoms with Crippen LogP contribution in [0.5, 0.6) is 0 Å². The molecule has 0 aliphatic rings. The number of benzene rings is 1. The smallest absolute Gasteiger partial charge is 0.267 e. The molecule has 1 amide bonds. The second-order valence-electron chi connectivity index (χ2n) is 5.64. The maximum absolute atomic E-state index is 12.6. The number of anilines is 2. The summed E-state index contributed by atoms with van der Waals surface area (Å²) in [5.41, 5.74) is 10.9. The van der Waals surface area contributed by atoms with Gasteiger partial charge in [0.05, 0.1) is 5.69 Å². The van der Waals surface area contributed by atoms with E-state index in [0.717, 1.165) is 38.1 Å². The highest BCUT2D eigenvalue weighted by Crippen LogP contribution is 2.37. The zero-order valence-corrected chi connectivity index (χ0v) is 16.1. The molecule has 0 aliphatic carbocycles. The number of hydrogen-bond acceptors (Lipinski definition) is 4. The van der Waals surface area contributed by atoms with E-state index in [0.29, 0.717) is 10.6 Å². The number of aromatic nitrogens is 1. The molecule has 0 radical (unpaired) electrons. The number of thiophene rings is 1. The Labute approximate surface area is 153 Å². The van der Waals surface area contributed by atoms with Crippen molar-refractivity contribution in [3.63, 3.8) is 0 Å². The number of halogens is 1. The Hall–Kier alpha value is -1.92. The second-order valence-corrected chi connectivity index (χ2v) is 7.56. The van der Waals surface area contributed by atoms with Gasteiger partial charge in [0.2, 0.25) is 0 Å². The van der Waals surface area contributed by atoms with Gasteiger partial charge in [-0.05, 0) is 55.7 Å². The van der Waals surface area contributed by atoms with Gasteiger partial charge in [0, 0.05) is 21.2 Å². The molecule has 0 unspecified atom stereocenters. The molecule has 0 spiro atoms. The molecule has 0 fully saturated rings. The Morgan fingerprint density at radius 3 is 2.58 bits per heavy atom. The van der Waals surface area contributed by atoms with E-state index in [9.17, 15) is 4.79 Å². The predicted octanol–water partition coefficient (Wildman–Crippen LogP) is 5.07. The number of nitrogens with two attached hydrogens (primary N) is 1. The number of pyridine rings is 1. The Balaban J connectivity index is 2.03. The maximum Gasteiger partial charge on any atom is 0.267 e. The van der Waals surface area contributed by atoms with E-state index in [1.165, 1.54) is 16.9 Å². The first-order valence-corrected chi connectivity index (χ1v) is 9.28. The summed E-state index contributed by atoms with van der Waals surface area (Å²) in [6, 6.07) is 7.45. The molecule has 0 atom stereocenters. The number of carbonyl (C=O) groups is 1. The second kappa shape index (κ2) is 6.53. The molecule has 24 heavy (non-hydrogen) atoms. The van der Waals surface area contributed by atoms with Gasteiger partial charge in [0.15, 0.2) is 0 Å². The summed E-state index contributed by atoms with van der Waals surface area (Å²) in [6.07, 6.45) is 0.899. The normalized spacial score (nSPS) is 11.0. The lowest BCUT2D eigenvalue weighted by Crippen LogP contribution is -2.11. The molecule has 0 bridgehead atoms. The molecule has 6 heteroatoms. The van der Waals surface area contributed by atoms with Gasteiger partial charge in [0.1, 0.15) is 9.71 Å². The van der Waals surface area contributed by atoms with Crippen LogP contribution in [0.2, 0.25) is 0 Å². The van der Waals surface area contributed by atoms with Crippen LogP contribution in [-0.4, -0.2) is 10.9 Å². The van der Waals surface area contributed by atoms with Crippen LogP contribution in [0.1, 0.15) is 33.4 Å². The van der Waals surface area contributed by atoms with Crippen LogP contribution in [0.4, 0.5) is 11.4 Å². The molecule has 3 aromatic rings. The van der Waals surface area contributed by atoms with E-state index in [-0.39, 0.29) is 5.91 Å². The van der Waals surface area contributed by atoms with Crippen LogP contribution < -0.4 is 11.1 Å². The minimum atomic E-state index is -0.201. The first kappa shape index (κ1) is 16.9. The molecule has 0 saturated heterocycles. The molecule has 2 aromatic heterocycles. The van der Waals surface area contributed by atoms with Gasteiger partial charge in [-0.2, -0.15) is 0 Å². The largest absolute Gasteiger partial charge is 0.397 e. The number of rotatable bonds is 3. The average molecular weight is 404 g/mol. The van der Waals surface area contributed by atoms with Crippen molar-refractivity contribution in [2.24, 2.45) is 0 Å². The van der Waals surface area contributed by atoms with E-state index < -0.39 is 0 Å². The van der Waals surface area contributed by atoms with Crippen LogP contribution in [0, 0.1) is 13.8 Å². The average Bonchev–Trinajstić information content (AvgIpc) is 2.87. The molecule has 2 heterocycles. The highest BCUT2D eigenvalue weighted by atomic mass is 79.9. The summed E-state index contributed by atoms with van der Waals surface area (Å²) in [4.78, 5) is 18.6. The highest BCUT2D eigenvalue weighted by Gasteiger charge is 2.20. The van der Waals surface area contributed by atoms with E-state index in [4.69, 9.17) is 5.73 Å². The summed E-state index contributed by atoms with van der Waals surface area (Å²) in [7, 11) is 0. The fraction of sp³-hybridized carbons (Fsp3) is 0.222. The Morgan fingerprint density at radius 2 is 1.96 bits per heavy atom. The number of nitrogens with zero attached hydrogens (tertiary/aromatic N) is 1. The molecule has 3 rings (SSSR count). The zero-order chi connectivity index (χ0) is 17.4. The van der Waals surface area contributed by atoms with Gasteiger partial charge in [-0.3, -0.25) is 4.79 Å². The highest BCUT2D eigenvalue weighted by molar-refractivity contribution is 9.10. The number of hydrogen-bond donors (Lipinski definition) is 2. The minimum absolute atomic E-state index is 0.201. The third-order valence-corrected chi connectivity index (χ3v) is 5.75. The summed E-state index contributed by atoms with van der Waals surface area (Å²) in [5.74, 6) is -0.201. The molecule has 0 saturated carbocycles. The summed E-state index contributed by atoms with van der Waals surface area (Å²) >= 11 is 4.73. The van der Waals surface area contributed by atoms with E-state index in [1.54, 1.807) is 0 Å². The van der Waals surface area contributed by atoms with Crippen molar-refractivity contribution in [1.29, 1.82) is 0 Å². The van der Waals surface area contributed by atoms with Crippen molar-refractivity contribution in [3.05, 3.63) is 50.4 Å². The summed E-state index contributed by atoms with van der Waals surface area (Å²) < 4.78 is 0.962. The van der Waals surface area contributed by atoms with E-state index in [1.807, 2.05) is 31.2 Å². The van der Waals surface area contributed by atoms with Crippen LogP contribution in [0.3, 0.4) is 0 Å². The lowest BCUT2D eigenvalue weighted by atomic mass is 10.0. The van der Waals surface area contributed by atoms with E-state index in [2.05, 4.69) is 40.1 Å². The van der Waals surface area contributed by atoms with Crippen molar-refractivity contribution in [3.8, 4) is 0 Å². The van der Waals surface area contributed by atoms with Gasteiger partial charge in [-0.15, -0.1) is 11.3 Å². The third-order valence-electron chi connectivity index (χ3n) is 4.12. The standard InChI is InChI=1S/C18H18BrN3OS/c1-4-13-9(2)14-15(20)16(24-18(14)21-10(13)3)17(23)22-12-7-5-11(19)6-8-12/h5-8H,4,20H2,1-3H3,(H,22,23). The molecular weight excluding hydrogens is 386 g/mol. The number of nitrogen functional groups attached to an aromatic ring is 1. The van der Waals surface area contributed by atoms with Crippen LogP contribution in [0.25, 0.3) is 10.2 Å². The van der Waals surface area contributed by atoms with Crippen LogP contribution in [0.15, 0.2) is 28.7 Å². The van der Waals surface area contributed by atoms with Crippen molar-refractivity contribution in [2.75, 3.05) is 11.1 Å². The monoisotopic (exact) mass is 403 g/mol. The van der Waals surface area contributed by atoms with Crippen LogP contribution >= 0.6 is 27.3 Å². The Bertz CT molecular complexity index is 932. The summed E-state index contributed by atoms with van der Waals surface area (Å²) in [6.45, 7) is 6.16. The van der Waals surface area contributed by atoms with Gasteiger partial charge >= 0.3 is 0 Å². The lowest BCUT2D eigenvalue weighted by molar-refractivity contribution is 0.103. The molecule has 1 aromatic carbocycles. The number of aryl methyl sites for hydroxylation is 2. The predicted molar refractivity (Wildman–Crippen MR) is 105 cm³/mol. The van der Waals surface area contributed by atoms with Crippen molar-refractivity contribution >= 4 is 54.8 Å². The van der Waals surface area contributed by atoms with Gasteiger partial charge in [-0.25, -0.2) is 4.98 Å². The zero-order valence-electron chi connectivity index (χ0n) is 13.7. The first-order chi connectivity index (χ1) is 11.4.